The molecule has 8 heteroatoms. The fourth-order valence-electron chi connectivity index (χ4n) is 2.21. The standard InChI is InChI=1S/C15H15ClFN3O3/c1-8-5-13(20(2)19-8)15(23)18-12(7-14(21)22)9-3-4-10(16)11(17)6-9/h3-6,12H,7H2,1-2H3,(H,18,23)(H,21,22). The number of benzene rings is 1. The molecule has 122 valence electrons. The highest BCUT2D eigenvalue weighted by molar-refractivity contribution is 6.30. The van der Waals surface area contributed by atoms with Crippen LogP contribution in [0.1, 0.15) is 34.2 Å². The number of halogens is 2. The minimum absolute atomic E-state index is 0.0728. The van der Waals surface area contributed by atoms with Gasteiger partial charge in [0.2, 0.25) is 0 Å². The predicted molar refractivity (Wildman–Crippen MR) is 81.8 cm³/mol. The van der Waals surface area contributed by atoms with Gasteiger partial charge in [-0.25, -0.2) is 4.39 Å². The lowest BCUT2D eigenvalue weighted by molar-refractivity contribution is -0.137. The van der Waals surface area contributed by atoms with E-state index in [1.807, 2.05) is 0 Å². The number of nitrogens with zero attached hydrogens (tertiary/aromatic N) is 2. The Bertz CT molecular complexity index is 760. The third-order valence-corrected chi connectivity index (χ3v) is 3.57. The van der Waals surface area contributed by atoms with Crippen LogP contribution in [0.3, 0.4) is 0 Å². The SMILES string of the molecule is Cc1cc(C(=O)NC(CC(=O)O)c2ccc(Cl)c(F)c2)n(C)n1. The van der Waals surface area contributed by atoms with E-state index in [2.05, 4.69) is 10.4 Å². The predicted octanol–water partition coefficient (Wildman–Crippen LogP) is 2.47. The Kier molecular flexibility index (Phi) is 5.00. The zero-order valence-corrected chi connectivity index (χ0v) is 13.3. The number of rotatable bonds is 5. The van der Waals surface area contributed by atoms with Crippen molar-refractivity contribution in [2.24, 2.45) is 7.05 Å². The summed E-state index contributed by atoms with van der Waals surface area (Å²) in [5.41, 5.74) is 1.26. The summed E-state index contributed by atoms with van der Waals surface area (Å²) >= 11 is 5.63. The zero-order valence-electron chi connectivity index (χ0n) is 12.5. The molecule has 0 spiro atoms. The highest BCUT2D eigenvalue weighted by Gasteiger charge is 2.21. The molecule has 0 aliphatic heterocycles. The lowest BCUT2D eigenvalue weighted by Gasteiger charge is -2.17. The van der Waals surface area contributed by atoms with Gasteiger partial charge in [-0.1, -0.05) is 17.7 Å². The van der Waals surface area contributed by atoms with Crippen LogP contribution in [0.5, 0.6) is 0 Å². The van der Waals surface area contributed by atoms with Gasteiger partial charge in [-0.05, 0) is 30.7 Å². The Morgan fingerprint density at radius 2 is 2.13 bits per heavy atom. The second-order valence-electron chi connectivity index (χ2n) is 5.09. The Balaban J connectivity index is 2.28. The van der Waals surface area contributed by atoms with Crippen LogP contribution in [0.25, 0.3) is 0 Å². The van der Waals surface area contributed by atoms with Crippen LogP contribution in [-0.2, 0) is 11.8 Å². The van der Waals surface area contributed by atoms with Gasteiger partial charge in [0.1, 0.15) is 11.5 Å². The summed E-state index contributed by atoms with van der Waals surface area (Å²) < 4.78 is 15.0. The summed E-state index contributed by atoms with van der Waals surface area (Å²) in [6.07, 6.45) is -0.385. The van der Waals surface area contributed by atoms with Crippen molar-refractivity contribution in [1.82, 2.24) is 15.1 Å². The number of aryl methyl sites for hydroxylation is 2. The Labute approximate surface area is 136 Å². The Morgan fingerprint density at radius 1 is 1.43 bits per heavy atom. The molecule has 1 atom stereocenters. The summed E-state index contributed by atoms with van der Waals surface area (Å²) in [5, 5.41) is 15.6. The normalized spacial score (nSPS) is 12.0. The maximum absolute atomic E-state index is 13.6. The molecular weight excluding hydrogens is 325 g/mol. The molecule has 2 aromatic rings. The van der Waals surface area contributed by atoms with Crippen LogP contribution >= 0.6 is 11.6 Å². The number of carboxylic acids is 1. The molecular formula is C15H15ClFN3O3. The number of amides is 1. The minimum Gasteiger partial charge on any atom is -0.481 e. The summed E-state index contributed by atoms with van der Waals surface area (Å²) in [7, 11) is 1.61. The molecule has 2 N–H and O–H groups in total. The Hall–Kier alpha value is -2.41. The number of carbonyl (C=O) groups excluding carboxylic acids is 1. The highest BCUT2D eigenvalue weighted by atomic mass is 35.5. The zero-order chi connectivity index (χ0) is 17.1. The summed E-state index contributed by atoms with van der Waals surface area (Å²) in [6.45, 7) is 1.74. The average Bonchev–Trinajstić information content (AvgIpc) is 2.79. The van der Waals surface area contributed by atoms with E-state index in [1.54, 1.807) is 20.0 Å². The second-order valence-corrected chi connectivity index (χ2v) is 5.50. The lowest BCUT2D eigenvalue weighted by Crippen LogP contribution is -2.31. The molecule has 2 rings (SSSR count). The number of carbonyl (C=O) groups is 2. The molecule has 0 saturated heterocycles. The van der Waals surface area contributed by atoms with Gasteiger partial charge in [0, 0.05) is 7.05 Å². The molecule has 0 bridgehead atoms. The first kappa shape index (κ1) is 17.0. The number of nitrogens with one attached hydrogen (secondary N) is 1. The smallest absolute Gasteiger partial charge is 0.305 e. The van der Waals surface area contributed by atoms with E-state index in [0.29, 0.717) is 11.3 Å². The first-order valence-corrected chi connectivity index (χ1v) is 7.14. The molecule has 0 aliphatic carbocycles. The quantitative estimate of drug-likeness (QED) is 0.876. The number of hydrogen-bond donors (Lipinski definition) is 2. The Morgan fingerprint density at radius 3 is 2.65 bits per heavy atom. The molecule has 0 fully saturated rings. The maximum atomic E-state index is 13.6. The molecule has 6 nitrogen and oxygen atoms in total. The molecule has 1 aromatic carbocycles. The van der Waals surface area contributed by atoms with Gasteiger partial charge in [0.15, 0.2) is 0 Å². The van der Waals surface area contributed by atoms with E-state index in [9.17, 15) is 14.0 Å². The molecule has 1 aromatic heterocycles. The third kappa shape index (κ3) is 4.07. The van der Waals surface area contributed by atoms with Gasteiger partial charge in [-0.3, -0.25) is 14.3 Å². The molecule has 1 unspecified atom stereocenters. The van der Waals surface area contributed by atoms with E-state index in [1.165, 1.54) is 16.8 Å². The van der Waals surface area contributed by atoms with E-state index in [4.69, 9.17) is 16.7 Å². The van der Waals surface area contributed by atoms with Gasteiger partial charge < -0.3 is 10.4 Å². The number of hydrogen-bond acceptors (Lipinski definition) is 3. The molecule has 0 saturated carbocycles. The maximum Gasteiger partial charge on any atom is 0.305 e. The van der Waals surface area contributed by atoms with Gasteiger partial charge in [0.05, 0.1) is 23.2 Å². The van der Waals surface area contributed by atoms with E-state index >= 15 is 0 Å². The molecule has 0 radical (unpaired) electrons. The van der Waals surface area contributed by atoms with Crippen LogP contribution in [0.2, 0.25) is 5.02 Å². The highest BCUT2D eigenvalue weighted by Crippen LogP contribution is 2.23. The van der Waals surface area contributed by atoms with Gasteiger partial charge in [0.25, 0.3) is 5.91 Å². The van der Waals surface area contributed by atoms with Crippen molar-refractivity contribution in [3.05, 3.63) is 52.1 Å². The molecule has 1 amide bonds. The number of carboxylic acid groups (broad SMARTS) is 1. The summed E-state index contributed by atoms with van der Waals surface area (Å²) in [6, 6.07) is 4.61. The van der Waals surface area contributed by atoms with Gasteiger partial charge in [-0.15, -0.1) is 0 Å². The van der Waals surface area contributed by atoms with E-state index in [-0.39, 0.29) is 17.1 Å². The van der Waals surface area contributed by atoms with Crippen molar-refractivity contribution in [3.63, 3.8) is 0 Å². The van der Waals surface area contributed by atoms with Crippen molar-refractivity contribution < 1.29 is 19.1 Å². The summed E-state index contributed by atoms with van der Waals surface area (Å²) in [5.74, 6) is -2.29. The van der Waals surface area contributed by atoms with E-state index in [0.717, 1.165) is 6.07 Å². The monoisotopic (exact) mass is 339 g/mol. The van der Waals surface area contributed by atoms with Crippen molar-refractivity contribution in [3.8, 4) is 0 Å². The van der Waals surface area contributed by atoms with Crippen LogP contribution in [-0.4, -0.2) is 26.8 Å². The topological polar surface area (TPSA) is 84.2 Å². The molecule has 1 heterocycles. The number of aliphatic carboxylic acids is 1. The van der Waals surface area contributed by atoms with Crippen LogP contribution < -0.4 is 5.32 Å². The van der Waals surface area contributed by atoms with Crippen LogP contribution in [0, 0.1) is 12.7 Å². The van der Waals surface area contributed by atoms with Gasteiger partial charge in [-0.2, -0.15) is 5.10 Å². The minimum atomic E-state index is -1.12. The van der Waals surface area contributed by atoms with Crippen molar-refractivity contribution in [2.75, 3.05) is 0 Å². The van der Waals surface area contributed by atoms with Crippen molar-refractivity contribution in [1.29, 1.82) is 0 Å². The first-order chi connectivity index (χ1) is 10.8. The number of aromatic nitrogens is 2. The third-order valence-electron chi connectivity index (χ3n) is 3.26. The first-order valence-electron chi connectivity index (χ1n) is 6.76. The fraction of sp³-hybridized carbons (Fsp3) is 0.267. The van der Waals surface area contributed by atoms with Crippen molar-refractivity contribution >= 4 is 23.5 Å². The largest absolute Gasteiger partial charge is 0.481 e. The molecule has 0 aliphatic rings. The lowest BCUT2D eigenvalue weighted by atomic mass is 10.0. The van der Waals surface area contributed by atoms with Gasteiger partial charge >= 0.3 is 5.97 Å². The summed E-state index contributed by atoms with van der Waals surface area (Å²) in [4.78, 5) is 23.3. The fourth-order valence-corrected chi connectivity index (χ4v) is 2.33. The second kappa shape index (κ2) is 6.78. The molecule has 23 heavy (non-hydrogen) atoms. The van der Waals surface area contributed by atoms with Crippen LogP contribution in [0.4, 0.5) is 4.39 Å². The van der Waals surface area contributed by atoms with E-state index < -0.39 is 23.7 Å². The van der Waals surface area contributed by atoms with Crippen LogP contribution in [0.15, 0.2) is 24.3 Å². The average molecular weight is 340 g/mol. The van der Waals surface area contributed by atoms with Crippen molar-refractivity contribution in [2.45, 2.75) is 19.4 Å².